The molecule has 0 spiro atoms. The molecule has 2 aromatic carbocycles. The number of ketones is 1. The minimum Gasteiger partial charge on any atom is -0.399 e. The van der Waals surface area contributed by atoms with Crippen LogP contribution in [0.1, 0.15) is 15.9 Å². The quantitative estimate of drug-likeness (QED) is 0.629. The molecule has 5 heteroatoms. The van der Waals surface area contributed by atoms with Crippen molar-refractivity contribution in [1.29, 1.82) is 0 Å². The van der Waals surface area contributed by atoms with E-state index in [2.05, 4.69) is 31.9 Å². The fourth-order valence-corrected chi connectivity index (χ4v) is 2.73. The van der Waals surface area contributed by atoms with Crippen molar-refractivity contribution in [3.63, 3.8) is 0 Å². The van der Waals surface area contributed by atoms with Gasteiger partial charge in [-0.1, -0.05) is 31.9 Å². The topological polar surface area (TPSA) is 43.1 Å². The van der Waals surface area contributed by atoms with Gasteiger partial charge in [0.15, 0.2) is 5.78 Å². The first-order valence-electron chi connectivity index (χ1n) is 5.49. The number of nitrogens with two attached hydrogens (primary N) is 1. The summed E-state index contributed by atoms with van der Waals surface area (Å²) in [6, 6.07) is 9.47. The van der Waals surface area contributed by atoms with Gasteiger partial charge in [0.25, 0.3) is 0 Å². The van der Waals surface area contributed by atoms with Gasteiger partial charge < -0.3 is 5.73 Å². The van der Waals surface area contributed by atoms with Gasteiger partial charge in [0, 0.05) is 26.6 Å². The summed E-state index contributed by atoms with van der Waals surface area (Å²) in [5, 5.41) is 0. The smallest absolute Gasteiger partial charge is 0.168 e. The molecule has 0 aliphatic rings. The van der Waals surface area contributed by atoms with Gasteiger partial charge in [-0.05, 0) is 42.0 Å². The van der Waals surface area contributed by atoms with E-state index in [0.29, 0.717) is 25.8 Å². The second-order valence-corrected chi connectivity index (χ2v) is 5.89. The maximum Gasteiger partial charge on any atom is 0.168 e. The second kappa shape index (κ2) is 5.84. The van der Waals surface area contributed by atoms with Crippen molar-refractivity contribution in [3.05, 3.63) is 62.3 Å². The Morgan fingerprint density at radius 3 is 2.58 bits per heavy atom. The number of carbonyl (C=O) groups is 1. The summed E-state index contributed by atoms with van der Waals surface area (Å²) in [6.45, 7) is 0. The molecule has 0 unspecified atom stereocenters. The number of hydrogen-bond acceptors (Lipinski definition) is 2. The average Bonchev–Trinajstić information content (AvgIpc) is 2.30. The highest BCUT2D eigenvalue weighted by atomic mass is 79.9. The number of nitrogen functional groups attached to an aromatic ring is 1. The number of benzene rings is 2. The van der Waals surface area contributed by atoms with E-state index in [-0.39, 0.29) is 18.0 Å². The summed E-state index contributed by atoms with van der Waals surface area (Å²) in [4.78, 5) is 12.2. The molecule has 0 aromatic heterocycles. The minimum absolute atomic E-state index is 0.114. The molecule has 0 amide bonds. The van der Waals surface area contributed by atoms with E-state index in [0.717, 1.165) is 0 Å². The van der Waals surface area contributed by atoms with E-state index in [1.165, 1.54) is 12.1 Å². The number of anilines is 1. The Hall–Kier alpha value is -1.20. The van der Waals surface area contributed by atoms with Crippen LogP contribution in [0.3, 0.4) is 0 Å². The highest BCUT2D eigenvalue weighted by molar-refractivity contribution is 9.10. The molecule has 0 aliphatic heterocycles. The van der Waals surface area contributed by atoms with E-state index in [4.69, 9.17) is 5.73 Å². The van der Waals surface area contributed by atoms with Crippen molar-refractivity contribution >= 4 is 43.3 Å². The third-order valence-corrected chi connectivity index (χ3v) is 3.73. The lowest BCUT2D eigenvalue weighted by molar-refractivity contribution is 0.0992. The molecule has 0 atom stereocenters. The molecule has 19 heavy (non-hydrogen) atoms. The van der Waals surface area contributed by atoms with Gasteiger partial charge in [-0.2, -0.15) is 0 Å². The zero-order valence-electron chi connectivity index (χ0n) is 9.79. The SMILES string of the molecule is Nc1ccc(Br)c(C(=O)Cc2cc(F)cc(Br)c2)c1. The summed E-state index contributed by atoms with van der Waals surface area (Å²) >= 11 is 6.52. The van der Waals surface area contributed by atoms with E-state index in [1.54, 1.807) is 24.3 Å². The van der Waals surface area contributed by atoms with Gasteiger partial charge in [0.1, 0.15) is 5.82 Å². The molecule has 0 saturated heterocycles. The van der Waals surface area contributed by atoms with E-state index >= 15 is 0 Å². The first kappa shape index (κ1) is 14.2. The molecule has 2 rings (SSSR count). The summed E-state index contributed by atoms with van der Waals surface area (Å²) < 4.78 is 14.5. The lowest BCUT2D eigenvalue weighted by atomic mass is 10.0. The minimum atomic E-state index is -0.371. The van der Waals surface area contributed by atoms with Crippen LogP contribution in [0, 0.1) is 5.82 Å². The number of Topliss-reactive ketones (excluding diaryl/α,β-unsaturated/α-hetero) is 1. The molecular formula is C14H10Br2FNO. The van der Waals surface area contributed by atoms with Crippen LogP contribution in [0.25, 0.3) is 0 Å². The lowest BCUT2D eigenvalue weighted by Crippen LogP contribution is -2.05. The summed E-state index contributed by atoms with van der Waals surface area (Å²) in [7, 11) is 0. The summed E-state index contributed by atoms with van der Waals surface area (Å²) in [6.07, 6.45) is 0.123. The maximum atomic E-state index is 13.3. The van der Waals surface area contributed by atoms with Crippen LogP contribution in [-0.4, -0.2) is 5.78 Å². The molecule has 0 bridgehead atoms. The molecule has 0 fully saturated rings. The molecule has 2 aromatic rings. The van der Waals surface area contributed by atoms with Gasteiger partial charge in [0.05, 0.1) is 0 Å². The van der Waals surface area contributed by atoms with Crippen molar-refractivity contribution in [2.45, 2.75) is 6.42 Å². The van der Waals surface area contributed by atoms with Crippen LogP contribution in [-0.2, 0) is 6.42 Å². The van der Waals surface area contributed by atoms with Crippen LogP contribution < -0.4 is 5.73 Å². The molecule has 0 radical (unpaired) electrons. The van der Waals surface area contributed by atoms with E-state index in [1.807, 2.05) is 0 Å². The van der Waals surface area contributed by atoms with Gasteiger partial charge in [-0.15, -0.1) is 0 Å². The Morgan fingerprint density at radius 1 is 1.16 bits per heavy atom. The van der Waals surface area contributed by atoms with Crippen molar-refractivity contribution in [2.75, 3.05) is 5.73 Å². The standard InChI is InChI=1S/C14H10Br2FNO/c15-9-3-8(4-10(17)6-9)5-14(19)12-7-11(18)1-2-13(12)16/h1-4,6-7H,5,18H2. The normalized spacial score (nSPS) is 10.5. The van der Waals surface area contributed by atoms with E-state index in [9.17, 15) is 9.18 Å². The Kier molecular flexibility index (Phi) is 4.37. The number of halogens is 3. The average molecular weight is 387 g/mol. The van der Waals surface area contributed by atoms with Gasteiger partial charge in [-0.25, -0.2) is 4.39 Å². The molecular weight excluding hydrogens is 377 g/mol. The van der Waals surface area contributed by atoms with Gasteiger partial charge >= 0.3 is 0 Å². The largest absolute Gasteiger partial charge is 0.399 e. The van der Waals surface area contributed by atoms with Crippen molar-refractivity contribution in [3.8, 4) is 0 Å². The third-order valence-electron chi connectivity index (χ3n) is 2.58. The second-order valence-electron chi connectivity index (χ2n) is 4.12. The molecule has 0 saturated carbocycles. The van der Waals surface area contributed by atoms with Crippen LogP contribution in [0.4, 0.5) is 10.1 Å². The monoisotopic (exact) mass is 385 g/mol. The Labute approximate surface area is 127 Å². The molecule has 0 heterocycles. The van der Waals surface area contributed by atoms with Crippen molar-refractivity contribution < 1.29 is 9.18 Å². The first-order valence-corrected chi connectivity index (χ1v) is 7.07. The van der Waals surface area contributed by atoms with Crippen LogP contribution >= 0.6 is 31.9 Å². The van der Waals surface area contributed by atoms with Crippen LogP contribution in [0.2, 0.25) is 0 Å². The Bertz CT molecular complexity index is 623. The van der Waals surface area contributed by atoms with Gasteiger partial charge in [-0.3, -0.25) is 4.79 Å². The zero-order valence-corrected chi connectivity index (χ0v) is 13.0. The molecule has 2 N–H and O–H groups in total. The number of carbonyl (C=O) groups excluding carboxylic acids is 1. The third kappa shape index (κ3) is 3.64. The summed E-state index contributed by atoms with van der Waals surface area (Å²) in [5.74, 6) is -0.486. The van der Waals surface area contributed by atoms with Crippen molar-refractivity contribution in [2.24, 2.45) is 0 Å². The highest BCUT2D eigenvalue weighted by Gasteiger charge is 2.12. The predicted molar refractivity (Wildman–Crippen MR) is 80.7 cm³/mol. The first-order chi connectivity index (χ1) is 8.95. The molecule has 0 aliphatic carbocycles. The highest BCUT2D eigenvalue weighted by Crippen LogP contribution is 2.22. The van der Waals surface area contributed by atoms with Crippen LogP contribution in [0.15, 0.2) is 45.3 Å². The number of hydrogen-bond donors (Lipinski definition) is 1. The lowest BCUT2D eigenvalue weighted by Gasteiger charge is -2.06. The maximum absolute atomic E-state index is 13.3. The fourth-order valence-electron chi connectivity index (χ4n) is 1.75. The van der Waals surface area contributed by atoms with Crippen LogP contribution in [0.5, 0.6) is 0 Å². The molecule has 98 valence electrons. The van der Waals surface area contributed by atoms with Gasteiger partial charge in [0.2, 0.25) is 0 Å². The summed E-state index contributed by atoms with van der Waals surface area (Å²) in [5.41, 5.74) is 7.30. The Balaban J connectivity index is 2.28. The van der Waals surface area contributed by atoms with E-state index < -0.39 is 0 Å². The molecule has 2 nitrogen and oxygen atoms in total. The zero-order chi connectivity index (χ0) is 14.0. The number of rotatable bonds is 3. The van der Waals surface area contributed by atoms with Crippen molar-refractivity contribution in [1.82, 2.24) is 0 Å². The fraction of sp³-hybridized carbons (Fsp3) is 0.0714. The predicted octanol–water partition coefficient (Wildman–Crippen LogP) is 4.36. The Morgan fingerprint density at radius 2 is 1.89 bits per heavy atom.